The number of aryl methyl sites for hydroxylation is 1. The Balaban J connectivity index is 2.31. The van der Waals surface area contributed by atoms with Crippen LogP contribution in [0.3, 0.4) is 0 Å². The summed E-state index contributed by atoms with van der Waals surface area (Å²) in [6, 6.07) is 1.61. The van der Waals surface area contributed by atoms with E-state index in [2.05, 4.69) is 21.8 Å². The monoisotopic (exact) mass is 226 g/mol. The standard InChI is InChI=1S/C12H10N4O/c1-16-8-15-7-11(16)3-2-9-4-10(12(13)17)6-14-5-9/h4-8H,1H3,(H2,13,17). The number of rotatable bonds is 1. The van der Waals surface area contributed by atoms with E-state index in [9.17, 15) is 4.79 Å². The van der Waals surface area contributed by atoms with Crippen LogP contribution in [-0.4, -0.2) is 20.4 Å². The number of aromatic nitrogens is 3. The smallest absolute Gasteiger partial charge is 0.250 e. The molecule has 5 nitrogen and oxygen atoms in total. The minimum atomic E-state index is -0.512. The second-order valence-electron chi connectivity index (χ2n) is 3.47. The van der Waals surface area contributed by atoms with E-state index in [1.54, 1.807) is 29.4 Å². The number of hydrogen-bond donors (Lipinski definition) is 1. The summed E-state index contributed by atoms with van der Waals surface area (Å²) >= 11 is 0. The highest BCUT2D eigenvalue weighted by Gasteiger charge is 2.00. The number of carbonyl (C=O) groups excluding carboxylic acids is 1. The summed E-state index contributed by atoms with van der Waals surface area (Å²) < 4.78 is 1.80. The first-order valence-corrected chi connectivity index (χ1v) is 4.90. The summed E-state index contributed by atoms with van der Waals surface area (Å²) in [4.78, 5) is 18.8. The summed E-state index contributed by atoms with van der Waals surface area (Å²) in [5, 5.41) is 0. The lowest BCUT2D eigenvalue weighted by Gasteiger charge is -1.94. The van der Waals surface area contributed by atoms with Crippen LogP contribution < -0.4 is 5.73 Å². The summed E-state index contributed by atoms with van der Waals surface area (Å²) in [7, 11) is 1.86. The van der Waals surface area contributed by atoms with E-state index in [1.807, 2.05) is 7.05 Å². The Labute approximate surface area is 98.3 Å². The summed E-state index contributed by atoms with van der Waals surface area (Å²) in [5.41, 5.74) is 6.93. The van der Waals surface area contributed by atoms with Crippen molar-refractivity contribution < 1.29 is 4.79 Å². The quantitative estimate of drug-likeness (QED) is 0.711. The molecule has 0 aliphatic heterocycles. The lowest BCUT2D eigenvalue weighted by molar-refractivity contribution is 0.1000. The van der Waals surface area contributed by atoms with Crippen LogP contribution >= 0.6 is 0 Å². The number of primary amides is 1. The fourth-order valence-electron chi connectivity index (χ4n) is 1.26. The van der Waals surface area contributed by atoms with Gasteiger partial charge in [0, 0.05) is 25.0 Å². The van der Waals surface area contributed by atoms with Crippen molar-refractivity contribution in [3.05, 3.63) is 47.8 Å². The van der Waals surface area contributed by atoms with E-state index >= 15 is 0 Å². The van der Waals surface area contributed by atoms with Crippen molar-refractivity contribution in [1.29, 1.82) is 0 Å². The van der Waals surface area contributed by atoms with Gasteiger partial charge in [0.1, 0.15) is 5.69 Å². The van der Waals surface area contributed by atoms with Crippen LogP contribution in [-0.2, 0) is 7.05 Å². The van der Waals surface area contributed by atoms with Gasteiger partial charge in [0.15, 0.2) is 0 Å². The largest absolute Gasteiger partial charge is 0.366 e. The van der Waals surface area contributed by atoms with E-state index in [0.29, 0.717) is 11.1 Å². The number of pyridine rings is 1. The molecule has 17 heavy (non-hydrogen) atoms. The second kappa shape index (κ2) is 4.49. The van der Waals surface area contributed by atoms with E-state index in [-0.39, 0.29) is 0 Å². The first kappa shape index (κ1) is 10.9. The maximum Gasteiger partial charge on any atom is 0.250 e. The Kier molecular flexibility index (Phi) is 2.88. The molecule has 2 heterocycles. The topological polar surface area (TPSA) is 73.8 Å². The Morgan fingerprint density at radius 1 is 1.29 bits per heavy atom. The molecule has 0 aromatic carbocycles. The number of hydrogen-bond acceptors (Lipinski definition) is 3. The number of nitrogens with zero attached hydrogens (tertiary/aromatic N) is 3. The first-order chi connectivity index (χ1) is 8.16. The predicted octanol–water partition coefficient (Wildman–Crippen LogP) is 0.314. The van der Waals surface area contributed by atoms with Gasteiger partial charge in [-0.2, -0.15) is 0 Å². The molecule has 0 unspecified atom stereocenters. The van der Waals surface area contributed by atoms with Crippen LogP contribution in [0.15, 0.2) is 31.0 Å². The molecular weight excluding hydrogens is 216 g/mol. The Morgan fingerprint density at radius 3 is 2.76 bits per heavy atom. The van der Waals surface area contributed by atoms with Crippen molar-refractivity contribution in [3.63, 3.8) is 0 Å². The molecular formula is C12H10N4O. The van der Waals surface area contributed by atoms with Crippen LogP contribution in [0, 0.1) is 11.8 Å². The van der Waals surface area contributed by atoms with Gasteiger partial charge in [-0.25, -0.2) is 4.98 Å². The van der Waals surface area contributed by atoms with Crippen molar-refractivity contribution in [1.82, 2.24) is 14.5 Å². The van der Waals surface area contributed by atoms with E-state index in [0.717, 1.165) is 5.69 Å². The first-order valence-electron chi connectivity index (χ1n) is 4.90. The molecule has 0 aliphatic rings. The van der Waals surface area contributed by atoms with Crippen molar-refractivity contribution in [3.8, 4) is 11.8 Å². The molecule has 0 atom stereocenters. The van der Waals surface area contributed by atoms with Crippen molar-refractivity contribution in [2.45, 2.75) is 0 Å². The van der Waals surface area contributed by atoms with E-state index < -0.39 is 5.91 Å². The van der Waals surface area contributed by atoms with Gasteiger partial charge in [-0.1, -0.05) is 5.92 Å². The molecule has 5 heteroatoms. The maximum atomic E-state index is 11.0. The molecule has 0 saturated carbocycles. The van der Waals surface area contributed by atoms with Crippen molar-refractivity contribution in [2.75, 3.05) is 0 Å². The Hall–Kier alpha value is -2.61. The van der Waals surface area contributed by atoms with Gasteiger partial charge in [0.25, 0.3) is 0 Å². The molecule has 0 saturated heterocycles. The molecule has 84 valence electrons. The van der Waals surface area contributed by atoms with Crippen LogP contribution in [0.1, 0.15) is 21.6 Å². The molecule has 0 radical (unpaired) electrons. The average molecular weight is 226 g/mol. The number of carbonyl (C=O) groups is 1. The third-order valence-electron chi connectivity index (χ3n) is 2.17. The number of nitrogens with two attached hydrogens (primary N) is 1. The molecule has 0 aliphatic carbocycles. The zero-order chi connectivity index (χ0) is 12.3. The van der Waals surface area contributed by atoms with Gasteiger partial charge in [0.2, 0.25) is 5.91 Å². The van der Waals surface area contributed by atoms with Gasteiger partial charge in [-0.15, -0.1) is 0 Å². The highest BCUT2D eigenvalue weighted by Crippen LogP contribution is 2.01. The highest BCUT2D eigenvalue weighted by atomic mass is 16.1. The summed E-state index contributed by atoms with van der Waals surface area (Å²) in [6.07, 6.45) is 6.33. The minimum absolute atomic E-state index is 0.349. The molecule has 0 fully saturated rings. The highest BCUT2D eigenvalue weighted by molar-refractivity contribution is 5.92. The number of imidazole rings is 1. The third-order valence-corrected chi connectivity index (χ3v) is 2.17. The zero-order valence-electron chi connectivity index (χ0n) is 9.21. The average Bonchev–Trinajstić information content (AvgIpc) is 2.72. The third kappa shape index (κ3) is 2.49. The molecule has 2 aromatic heterocycles. The maximum absolute atomic E-state index is 11.0. The summed E-state index contributed by atoms with van der Waals surface area (Å²) in [5.74, 6) is 5.32. The lowest BCUT2D eigenvalue weighted by Crippen LogP contribution is -2.11. The van der Waals surface area contributed by atoms with Crippen molar-refractivity contribution in [2.24, 2.45) is 12.8 Å². The van der Waals surface area contributed by atoms with Crippen molar-refractivity contribution >= 4 is 5.91 Å². The lowest BCUT2D eigenvalue weighted by atomic mass is 10.2. The van der Waals surface area contributed by atoms with Gasteiger partial charge in [-0.05, 0) is 12.0 Å². The SMILES string of the molecule is Cn1cncc1C#Cc1cncc(C(N)=O)c1. The molecule has 2 aromatic rings. The molecule has 1 amide bonds. The fraction of sp³-hybridized carbons (Fsp3) is 0.0833. The van der Waals surface area contributed by atoms with Crippen LogP contribution in [0.25, 0.3) is 0 Å². The normalized spacial score (nSPS) is 9.47. The summed E-state index contributed by atoms with van der Waals surface area (Å²) in [6.45, 7) is 0. The fourth-order valence-corrected chi connectivity index (χ4v) is 1.26. The van der Waals surface area contributed by atoms with Gasteiger partial charge < -0.3 is 10.3 Å². The predicted molar refractivity (Wildman–Crippen MR) is 61.9 cm³/mol. The van der Waals surface area contributed by atoms with E-state index in [1.165, 1.54) is 6.20 Å². The van der Waals surface area contributed by atoms with Gasteiger partial charge in [-0.3, -0.25) is 9.78 Å². The van der Waals surface area contributed by atoms with Crippen LogP contribution in [0.4, 0.5) is 0 Å². The van der Waals surface area contributed by atoms with Gasteiger partial charge >= 0.3 is 0 Å². The zero-order valence-corrected chi connectivity index (χ0v) is 9.21. The molecule has 2 N–H and O–H groups in total. The van der Waals surface area contributed by atoms with E-state index in [4.69, 9.17) is 5.73 Å². The van der Waals surface area contributed by atoms with Crippen LogP contribution in [0.5, 0.6) is 0 Å². The van der Waals surface area contributed by atoms with Gasteiger partial charge in [0.05, 0.1) is 18.1 Å². The molecule has 0 spiro atoms. The molecule has 2 rings (SSSR count). The number of amides is 1. The second-order valence-corrected chi connectivity index (χ2v) is 3.47. The van der Waals surface area contributed by atoms with Crippen LogP contribution in [0.2, 0.25) is 0 Å². The Morgan fingerprint density at radius 2 is 2.12 bits per heavy atom. The molecule has 0 bridgehead atoms. The minimum Gasteiger partial charge on any atom is -0.366 e. The Bertz CT molecular complexity index is 619.